The van der Waals surface area contributed by atoms with Gasteiger partial charge in [0.2, 0.25) is 0 Å². The number of carbonyl (C=O) groups excluding carboxylic acids is 1. The Labute approximate surface area is 177 Å². The predicted molar refractivity (Wildman–Crippen MR) is 113 cm³/mol. The van der Waals surface area contributed by atoms with Crippen LogP contribution in [0, 0.1) is 6.92 Å². The van der Waals surface area contributed by atoms with Crippen molar-refractivity contribution in [2.75, 3.05) is 5.32 Å². The Kier molecular flexibility index (Phi) is 5.33. The number of carbonyl (C=O) groups is 1. The molecule has 156 valence electrons. The molecule has 7 heteroatoms. The number of hydrogen-bond donors (Lipinski definition) is 1. The molecule has 4 aromatic rings. The molecule has 0 saturated carbocycles. The fourth-order valence-corrected chi connectivity index (χ4v) is 3.10. The Morgan fingerprint density at radius 2 is 1.55 bits per heavy atom. The molecule has 3 aromatic carbocycles. The number of halogens is 3. The van der Waals surface area contributed by atoms with Gasteiger partial charge in [0.25, 0.3) is 5.91 Å². The second-order valence-corrected chi connectivity index (χ2v) is 7.06. The highest BCUT2D eigenvalue weighted by atomic mass is 19.4. The smallest absolute Gasteiger partial charge is 0.306 e. The summed E-state index contributed by atoms with van der Waals surface area (Å²) in [5.41, 5.74) is 2.67. The Balaban J connectivity index is 1.68. The van der Waals surface area contributed by atoms with Crippen molar-refractivity contribution >= 4 is 11.7 Å². The molecule has 0 saturated heterocycles. The van der Waals surface area contributed by atoms with Gasteiger partial charge in [0.15, 0.2) is 0 Å². The lowest BCUT2D eigenvalue weighted by Gasteiger charge is -2.10. The van der Waals surface area contributed by atoms with E-state index in [-0.39, 0.29) is 5.56 Å². The summed E-state index contributed by atoms with van der Waals surface area (Å²) in [6, 6.07) is 22.9. The number of nitrogens with zero attached hydrogens (tertiary/aromatic N) is 2. The van der Waals surface area contributed by atoms with E-state index in [1.54, 1.807) is 10.7 Å². The normalized spacial score (nSPS) is 11.4. The molecule has 0 radical (unpaired) electrons. The van der Waals surface area contributed by atoms with Crippen molar-refractivity contribution in [1.82, 2.24) is 9.78 Å². The number of anilines is 1. The molecular weight excluding hydrogens is 403 g/mol. The summed E-state index contributed by atoms with van der Waals surface area (Å²) in [5.74, 6) is -0.116. The number of rotatable bonds is 4. The van der Waals surface area contributed by atoms with Crippen molar-refractivity contribution < 1.29 is 18.0 Å². The minimum absolute atomic E-state index is 0.117. The molecule has 0 unspecified atom stereocenters. The first-order valence-electron chi connectivity index (χ1n) is 9.52. The largest absolute Gasteiger partial charge is 0.416 e. The van der Waals surface area contributed by atoms with Crippen molar-refractivity contribution in [3.8, 4) is 16.9 Å². The van der Waals surface area contributed by atoms with E-state index >= 15 is 0 Å². The molecule has 0 bridgehead atoms. The number of benzene rings is 3. The average Bonchev–Trinajstić information content (AvgIpc) is 3.18. The lowest BCUT2D eigenvalue weighted by molar-refractivity contribution is -0.137. The quantitative estimate of drug-likeness (QED) is 0.432. The van der Waals surface area contributed by atoms with Crippen LogP contribution in [0.1, 0.15) is 21.5 Å². The second-order valence-electron chi connectivity index (χ2n) is 7.06. The molecule has 1 N–H and O–H groups in total. The topological polar surface area (TPSA) is 46.9 Å². The van der Waals surface area contributed by atoms with Gasteiger partial charge in [-0.25, -0.2) is 4.68 Å². The minimum atomic E-state index is -4.45. The van der Waals surface area contributed by atoms with E-state index in [0.29, 0.717) is 11.5 Å². The maximum absolute atomic E-state index is 12.8. The number of aromatic nitrogens is 2. The van der Waals surface area contributed by atoms with E-state index in [2.05, 4.69) is 10.4 Å². The van der Waals surface area contributed by atoms with Gasteiger partial charge in [0.05, 0.1) is 16.9 Å². The zero-order valence-corrected chi connectivity index (χ0v) is 16.5. The Hall–Kier alpha value is -3.87. The zero-order valence-electron chi connectivity index (χ0n) is 16.5. The molecule has 0 spiro atoms. The molecule has 1 aromatic heterocycles. The van der Waals surface area contributed by atoms with Gasteiger partial charge < -0.3 is 5.32 Å². The maximum Gasteiger partial charge on any atom is 0.416 e. The maximum atomic E-state index is 12.8. The molecule has 0 aliphatic carbocycles. The Morgan fingerprint density at radius 1 is 0.903 bits per heavy atom. The average molecular weight is 421 g/mol. The standard InChI is InChI=1S/C24H18F3N3O/c1-16-7-13-20(14-8-16)30-22(15-21(29-30)17-5-3-2-4-6-17)28-23(31)18-9-11-19(12-10-18)24(25,26)27/h2-15H,1H3,(H,28,31). The molecular formula is C24H18F3N3O. The monoisotopic (exact) mass is 421 g/mol. The fraction of sp³-hybridized carbons (Fsp3) is 0.0833. The van der Waals surface area contributed by atoms with Crippen LogP contribution in [-0.2, 0) is 6.18 Å². The van der Waals surface area contributed by atoms with Crippen molar-refractivity contribution in [2.45, 2.75) is 13.1 Å². The van der Waals surface area contributed by atoms with Crippen LogP contribution in [0.3, 0.4) is 0 Å². The van der Waals surface area contributed by atoms with Crippen molar-refractivity contribution in [2.24, 2.45) is 0 Å². The van der Waals surface area contributed by atoms with E-state index < -0.39 is 17.6 Å². The third kappa shape index (κ3) is 4.50. The lowest BCUT2D eigenvalue weighted by atomic mass is 10.1. The van der Waals surface area contributed by atoms with Gasteiger partial charge in [-0.15, -0.1) is 0 Å². The van der Waals surface area contributed by atoms with Crippen LogP contribution in [0.15, 0.2) is 84.9 Å². The van der Waals surface area contributed by atoms with E-state index in [1.807, 2.05) is 61.5 Å². The van der Waals surface area contributed by atoms with E-state index in [0.717, 1.165) is 41.1 Å². The number of hydrogen-bond acceptors (Lipinski definition) is 2. The second kappa shape index (κ2) is 8.10. The van der Waals surface area contributed by atoms with Gasteiger partial charge in [-0.3, -0.25) is 4.79 Å². The molecule has 0 aliphatic heterocycles. The molecule has 1 heterocycles. The lowest BCUT2D eigenvalue weighted by Crippen LogP contribution is -2.15. The molecule has 0 aliphatic rings. The summed E-state index contributed by atoms with van der Waals surface area (Å²) >= 11 is 0. The zero-order chi connectivity index (χ0) is 22.0. The Morgan fingerprint density at radius 3 is 2.16 bits per heavy atom. The highest BCUT2D eigenvalue weighted by molar-refractivity contribution is 6.04. The predicted octanol–water partition coefficient (Wildman–Crippen LogP) is 6.12. The number of alkyl halides is 3. The summed E-state index contributed by atoms with van der Waals surface area (Å²) in [6.07, 6.45) is -4.45. The van der Waals surface area contributed by atoms with Crippen LogP contribution in [0.4, 0.5) is 19.0 Å². The molecule has 1 amide bonds. The SMILES string of the molecule is Cc1ccc(-n2nc(-c3ccccc3)cc2NC(=O)c2ccc(C(F)(F)F)cc2)cc1. The first-order valence-corrected chi connectivity index (χ1v) is 9.52. The highest BCUT2D eigenvalue weighted by Gasteiger charge is 2.30. The van der Waals surface area contributed by atoms with Crippen LogP contribution in [0.25, 0.3) is 16.9 Å². The van der Waals surface area contributed by atoms with Crippen LogP contribution in [0.2, 0.25) is 0 Å². The van der Waals surface area contributed by atoms with Gasteiger partial charge in [0, 0.05) is 17.2 Å². The van der Waals surface area contributed by atoms with Crippen molar-refractivity contribution in [3.63, 3.8) is 0 Å². The molecule has 0 atom stereocenters. The molecule has 31 heavy (non-hydrogen) atoms. The van der Waals surface area contributed by atoms with E-state index in [1.165, 1.54) is 0 Å². The molecule has 4 nitrogen and oxygen atoms in total. The van der Waals surface area contributed by atoms with Crippen molar-refractivity contribution in [3.05, 3.63) is 102 Å². The summed E-state index contributed by atoms with van der Waals surface area (Å²) in [5, 5.41) is 7.40. The van der Waals surface area contributed by atoms with Crippen LogP contribution >= 0.6 is 0 Å². The first kappa shape index (κ1) is 20.4. The van der Waals surface area contributed by atoms with E-state index in [9.17, 15) is 18.0 Å². The van der Waals surface area contributed by atoms with Gasteiger partial charge in [-0.2, -0.15) is 18.3 Å². The third-order valence-electron chi connectivity index (χ3n) is 4.77. The van der Waals surface area contributed by atoms with E-state index in [4.69, 9.17) is 0 Å². The van der Waals surface area contributed by atoms with Gasteiger partial charge in [-0.05, 0) is 43.3 Å². The molecule has 4 rings (SSSR count). The van der Waals surface area contributed by atoms with Gasteiger partial charge >= 0.3 is 6.18 Å². The summed E-state index contributed by atoms with van der Waals surface area (Å²) < 4.78 is 40.0. The van der Waals surface area contributed by atoms with Crippen LogP contribution < -0.4 is 5.32 Å². The highest BCUT2D eigenvalue weighted by Crippen LogP contribution is 2.29. The fourth-order valence-electron chi connectivity index (χ4n) is 3.10. The minimum Gasteiger partial charge on any atom is -0.306 e. The van der Waals surface area contributed by atoms with Gasteiger partial charge in [0.1, 0.15) is 5.82 Å². The van der Waals surface area contributed by atoms with Crippen LogP contribution in [0.5, 0.6) is 0 Å². The summed E-state index contributed by atoms with van der Waals surface area (Å²) in [7, 11) is 0. The van der Waals surface area contributed by atoms with Crippen LogP contribution in [-0.4, -0.2) is 15.7 Å². The third-order valence-corrected chi connectivity index (χ3v) is 4.77. The first-order chi connectivity index (χ1) is 14.8. The van der Waals surface area contributed by atoms with Gasteiger partial charge in [-0.1, -0.05) is 48.0 Å². The summed E-state index contributed by atoms with van der Waals surface area (Å²) in [6.45, 7) is 1.97. The van der Waals surface area contributed by atoms with Crippen molar-refractivity contribution in [1.29, 1.82) is 0 Å². The number of amides is 1. The summed E-state index contributed by atoms with van der Waals surface area (Å²) in [4.78, 5) is 12.7. The molecule has 0 fully saturated rings. The number of aryl methyl sites for hydroxylation is 1. The Bertz CT molecular complexity index is 1200. The number of nitrogens with one attached hydrogen (secondary N) is 1.